The van der Waals surface area contributed by atoms with Crippen LogP contribution in [0.2, 0.25) is 0 Å². The van der Waals surface area contributed by atoms with E-state index in [1.165, 1.54) is 5.56 Å². The Morgan fingerprint density at radius 3 is 2.26 bits per heavy atom. The molecule has 0 radical (unpaired) electrons. The standard InChI is InChI=1S/C26H35N3O2/c1-21(2)26(23-11-13-24(31-3)14-12-23)27-25(30)20-29-18-16-28(17-19-29)15-7-10-22-8-5-4-6-9-22/h4-14,21,26H,15-20H2,1-3H3,(H,27,30)/b10-7+. The van der Waals surface area contributed by atoms with Gasteiger partial charge in [0.05, 0.1) is 19.7 Å². The molecular weight excluding hydrogens is 386 g/mol. The minimum absolute atomic E-state index is 0.00261. The molecule has 1 fully saturated rings. The van der Waals surface area contributed by atoms with Crippen molar-refractivity contribution in [2.24, 2.45) is 5.92 Å². The number of ether oxygens (including phenoxy) is 1. The zero-order chi connectivity index (χ0) is 22.1. The number of nitrogens with zero attached hydrogens (tertiary/aromatic N) is 2. The molecule has 1 unspecified atom stereocenters. The number of hydrogen-bond acceptors (Lipinski definition) is 4. The van der Waals surface area contributed by atoms with Crippen molar-refractivity contribution in [1.29, 1.82) is 0 Å². The van der Waals surface area contributed by atoms with E-state index >= 15 is 0 Å². The van der Waals surface area contributed by atoms with Crippen LogP contribution in [0.3, 0.4) is 0 Å². The molecule has 0 saturated carbocycles. The van der Waals surface area contributed by atoms with Gasteiger partial charge in [0.2, 0.25) is 5.91 Å². The van der Waals surface area contributed by atoms with Crippen LogP contribution in [0.1, 0.15) is 31.0 Å². The zero-order valence-corrected chi connectivity index (χ0v) is 19.0. The van der Waals surface area contributed by atoms with Gasteiger partial charge in [-0.05, 0) is 29.2 Å². The summed E-state index contributed by atoms with van der Waals surface area (Å²) in [6, 6.07) is 18.3. The molecular formula is C26H35N3O2. The summed E-state index contributed by atoms with van der Waals surface area (Å²) in [4.78, 5) is 17.4. The predicted molar refractivity (Wildman–Crippen MR) is 127 cm³/mol. The molecule has 1 aliphatic rings. The summed E-state index contributed by atoms with van der Waals surface area (Å²) in [5.74, 6) is 1.23. The van der Waals surface area contributed by atoms with Gasteiger partial charge in [0.25, 0.3) is 0 Å². The van der Waals surface area contributed by atoms with E-state index in [0.717, 1.165) is 44.0 Å². The summed E-state index contributed by atoms with van der Waals surface area (Å²) in [6.07, 6.45) is 4.39. The lowest BCUT2D eigenvalue weighted by molar-refractivity contribution is -0.123. The Balaban J connectivity index is 1.43. The third-order valence-electron chi connectivity index (χ3n) is 5.76. The van der Waals surface area contributed by atoms with Crippen molar-refractivity contribution >= 4 is 12.0 Å². The molecule has 1 atom stereocenters. The van der Waals surface area contributed by atoms with Gasteiger partial charge in [-0.1, -0.05) is 68.5 Å². The lowest BCUT2D eigenvalue weighted by Gasteiger charge is -2.34. The van der Waals surface area contributed by atoms with Crippen molar-refractivity contribution in [3.63, 3.8) is 0 Å². The maximum atomic E-state index is 12.7. The van der Waals surface area contributed by atoms with E-state index in [-0.39, 0.29) is 11.9 Å². The molecule has 1 amide bonds. The SMILES string of the molecule is COc1ccc(C(NC(=O)CN2CCN(C/C=C/c3ccccc3)CC2)C(C)C)cc1. The van der Waals surface area contributed by atoms with Crippen LogP contribution in [0.15, 0.2) is 60.7 Å². The lowest BCUT2D eigenvalue weighted by Crippen LogP contribution is -2.49. The van der Waals surface area contributed by atoms with Crippen LogP contribution in [0.5, 0.6) is 5.75 Å². The second-order valence-electron chi connectivity index (χ2n) is 8.45. The van der Waals surface area contributed by atoms with E-state index in [1.807, 2.05) is 30.3 Å². The van der Waals surface area contributed by atoms with E-state index in [2.05, 4.69) is 65.4 Å². The number of benzene rings is 2. The summed E-state index contributed by atoms with van der Waals surface area (Å²) in [6.45, 7) is 9.47. The fourth-order valence-electron chi connectivity index (χ4n) is 3.90. The Bertz CT molecular complexity index is 825. The minimum Gasteiger partial charge on any atom is -0.497 e. The average molecular weight is 422 g/mol. The molecule has 0 bridgehead atoms. The van der Waals surface area contributed by atoms with Gasteiger partial charge >= 0.3 is 0 Å². The Morgan fingerprint density at radius 1 is 1.00 bits per heavy atom. The Kier molecular flexibility index (Phi) is 8.68. The topological polar surface area (TPSA) is 44.8 Å². The number of carbonyl (C=O) groups is 1. The molecule has 0 spiro atoms. The van der Waals surface area contributed by atoms with Gasteiger partial charge in [-0.2, -0.15) is 0 Å². The van der Waals surface area contributed by atoms with E-state index in [4.69, 9.17) is 4.74 Å². The number of amides is 1. The van der Waals surface area contributed by atoms with Gasteiger partial charge in [-0.15, -0.1) is 0 Å². The maximum absolute atomic E-state index is 12.7. The zero-order valence-electron chi connectivity index (χ0n) is 19.0. The summed E-state index contributed by atoms with van der Waals surface area (Å²) in [5, 5.41) is 3.23. The first-order chi connectivity index (χ1) is 15.0. The number of hydrogen-bond donors (Lipinski definition) is 1. The first-order valence-corrected chi connectivity index (χ1v) is 11.1. The van der Waals surface area contributed by atoms with Crippen molar-refractivity contribution in [2.75, 3.05) is 46.4 Å². The fourth-order valence-corrected chi connectivity index (χ4v) is 3.90. The molecule has 5 heteroatoms. The molecule has 1 N–H and O–H groups in total. The highest BCUT2D eigenvalue weighted by molar-refractivity contribution is 5.78. The largest absolute Gasteiger partial charge is 0.497 e. The molecule has 166 valence electrons. The van der Waals surface area contributed by atoms with Gasteiger partial charge in [0.1, 0.15) is 5.75 Å². The Hall–Kier alpha value is -2.63. The molecule has 3 rings (SSSR count). The van der Waals surface area contributed by atoms with E-state index < -0.39 is 0 Å². The van der Waals surface area contributed by atoms with E-state index in [1.54, 1.807) is 7.11 Å². The molecule has 2 aromatic carbocycles. The van der Waals surface area contributed by atoms with Crippen LogP contribution in [0, 0.1) is 5.92 Å². The monoisotopic (exact) mass is 421 g/mol. The fraction of sp³-hybridized carbons (Fsp3) is 0.423. The predicted octanol–water partition coefficient (Wildman–Crippen LogP) is 3.84. The summed E-state index contributed by atoms with van der Waals surface area (Å²) >= 11 is 0. The van der Waals surface area contributed by atoms with Crippen molar-refractivity contribution in [1.82, 2.24) is 15.1 Å². The van der Waals surface area contributed by atoms with Crippen LogP contribution in [0.25, 0.3) is 6.08 Å². The van der Waals surface area contributed by atoms with Crippen LogP contribution >= 0.6 is 0 Å². The van der Waals surface area contributed by atoms with Crippen LogP contribution < -0.4 is 10.1 Å². The summed E-state index contributed by atoms with van der Waals surface area (Å²) in [7, 11) is 1.66. The third-order valence-corrected chi connectivity index (χ3v) is 5.76. The highest BCUT2D eigenvalue weighted by Crippen LogP contribution is 2.24. The number of methoxy groups -OCH3 is 1. The molecule has 0 aliphatic carbocycles. The maximum Gasteiger partial charge on any atom is 0.234 e. The Labute approximate surface area is 186 Å². The van der Waals surface area contributed by atoms with E-state index in [0.29, 0.717) is 12.5 Å². The summed E-state index contributed by atoms with van der Waals surface area (Å²) in [5.41, 5.74) is 2.34. The number of rotatable bonds is 9. The first-order valence-electron chi connectivity index (χ1n) is 11.1. The van der Waals surface area contributed by atoms with Gasteiger partial charge in [0, 0.05) is 32.7 Å². The van der Waals surface area contributed by atoms with E-state index in [9.17, 15) is 4.79 Å². The van der Waals surface area contributed by atoms with Gasteiger partial charge in [0.15, 0.2) is 0 Å². The minimum atomic E-state index is 0.00261. The quantitative estimate of drug-likeness (QED) is 0.668. The second kappa shape index (κ2) is 11.7. The molecule has 31 heavy (non-hydrogen) atoms. The normalized spacial score (nSPS) is 16.5. The highest BCUT2D eigenvalue weighted by Gasteiger charge is 2.22. The number of piperazine rings is 1. The van der Waals surface area contributed by atoms with Gasteiger partial charge in [-0.3, -0.25) is 14.6 Å². The summed E-state index contributed by atoms with van der Waals surface area (Å²) < 4.78 is 5.24. The molecule has 2 aromatic rings. The number of carbonyl (C=O) groups excluding carboxylic acids is 1. The number of nitrogens with one attached hydrogen (secondary N) is 1. The second-order valence-corrected chi connectivity index (χ2v) is 8.45. The lowest BCUT2D eigenvalue weighted by atomic mass is 9.96. The molecule has 0 aromatic heterocycles. The van der Waals surface area contributed by atoms with Crippen LogP contribution in [-0.2, 0) is 4.79 Å². The Morgan fingerprint density at radius 2 is 1.65 bits per heavy atom. The average Bonchev–Trinajstić information content (AvgIpc) is 2.79. The van der Waals surface area contributed by atoms with Crippen molar-refractivity contribution < 1.29 is 9.53 Å². The molecule has 1 heterocycles. The molecule has 5 nitrogen and oxygen atoms in total. The first kappa shape index (κ1) is 23.0. The van der Waals surface area contributed by atoms with Crippen molar-refractivity contribution in [2.45, 2.75) is 19.9 Å². The molecule has 1 saturated heterocycles. The highest BCUT2D eigenvalue weighted by atomic mass is 16.5. The van der Waals surface area contributed by atoms with Crippen molar-refractivity contribution in [3.05, 3.63) is 71.8 Å². The van der Waals surface area contributed by atoms with Crippen molar-refractivity contribution in [3.8, 4) is 5.75 Å². The van der Waals surface area contributed by atoms with Gasteiger partial charge in [-0.25, -0.2) is 0 Å². The molecule has 1 aliphatic heterocycles. The van der Waals surface area contributed by atoms with Gasteiger partial charge < -0.3 is 10.1 Å². The van der Waals surface area contributed by atoms with Crippen LogP contribution in [0.4, 0.5) is 0 Å². The smallest absolute Gasteiger partial charge is 0.234 e. The third kappa shape index (κ3) is 7.23. The van der Waals surface area contributed by atoms with Crippen LogP contribution in [-0.4, -0.2) is 62.1 Å².